The van der Waals surface area contributed by atoms with Gasteiger partial charge in [-0.3, -0.25) is 4.98 Å². The van der Waals surface area contributed by atoms with E-state index in [1.54, 1.807) is 12.3 Å². The van der Waals surface area contributed by atoms with Crippen molar-refractivity contribution >= 4 is 27.8 Å². The summed E-state index contributed by atoms with van der Waals surface area (Å²) < 4.78 is 31.6. The first kappa shape index (κ1) is 20.9. The summed E-state index contributed by atoms with van der Waals surface area (Å²) in [6.45, 7) is 3.77. The highest BCUT2D eigenvalue weighted by Gasteiger charge is 2.30. The molecule has 30 heavy (non-hydrogen) atoms. The van der Waals surface area contributed by atoms with E-state index in [2.05, 4.69) is 26.7 Å². The maximum atomic E-state index is 14.3. The predicted molar refractivity (Wildman–Crippen MR) is 122 cm³/mol. The summed E-state index contributed by atoms with van der Waals surface area (Å²) in [6.07, 6.45) is 5.57. The van der Waals surface area contributed by atoms with Crippen LogP contribution in [0.15, 0.2) is 48.8 Å². The lowest BCUT2D eigenvalue weighted by atomic mass is 9.99. The van der Waals surface area contributed by atoms with Crippen LogP contribution in [0.2, 0.25) is 0 Å². The van der Waals surface area contributed by atoms with E-state index in [-0.39, 0.29) is 11.6 Å². The molecule has 0 spiro atoms. The maximum absolute atomic E-state index is 14.3. The van der Waals surface area contributed by atoms with Crippen LogP contribution in [-0.4, -0.2) is 45.8 Å². The third-order valence-electron chi connectivity index (χ3n) is 5.61. The number of nitrogens with zero attached hydrogens (tertiary/aromatic N) is 2. The Hall–Kier alpha value is -2.35. The topological polar surface area (TPSA) is 57.6 Å². The van der Waals surface area contributed by atoms with Crippen LogP contribution < -0.4 is 10.1 Å². The Morgan fingerprint density at radius 2 is 2.00 bits per heavy atom. The van der Waals surface area contributed by atoms with Crippen LogP contribution in [-0.2, 0) is 11.4 Å². The molecule has 0 bridgehead atoms. The van der Waals surface area contributed by atoms with Gasteiger partial charge in [0.15, 0.2) is 17.3 Å². The molecule has 0 radical (unpaired) electrons. The van der Waals surface area contributed by atoms with E-state index in [0.29, 0.717) is 6.04 Å². The number of fused-ring (bicyclic) bond motifs is 1. The van der Waals surface area contributed by atoms with Crippen LogP contribution in [0.25, 0.3) is 21.9 Å². The van der Waals surface area contributed by atoms with Crippen molar-refractivity contribution < 1.29 is 13.7 Å². The number of ether oxygens (including phenoxy) is 1. The molecule has 158 valence electrons. The van der Waals surface area contributed by atoms with Gasteiger partial charge in [-0.1, -0.05) is 10.4 Å². The van der Waals surface area contributed by atoms with Gasteiger partial charge in [-0.15, -0.1) is 0 Å². The normalized spacial score (nSPS) is 16.5. The molecular weight excluding hydrogens is 401 g/mol. The first-order valence-electron chi connectivity index (χ1n) is 10.2. The molecule has 4 rings (SSSR count). The number of methoxy groups -OCH3 is 1. The number of nitrogens with one attached hydrogen (secondary N) is 1. The smallest absolute Gasteiger partial charge is 0.237 e. The molecule has 1 unspecified atom stereocenters. The molecule has 1 aliphatic rings. The SMILES string of the molecule is CC[S+](O)N1CCC(Nc2cc(-c3ccc(OC)c(F)c3)cc3ccncc23)CC1. The fourth-order valence-electron chi connectivity index (χ4n) is 3.94. The van der Waals surface area contributed by atoms with Gasteiger partial charge >= 0.3 is 0 Å². The second-order valence-electron chi connectivity index (χ2n) is 7.45. The average molecular weight is 429 g/mol. The minimum absolute atomic E-state index is 0.240. The second-order valence-corrected chi connectivity index (χ2v) is 9.22. The van der Waals surface area contributed by atoms with E-state index in [1.807, 2.05) is 25.3 Å². The molecule has 0 amide bonds. The highest BCUT2D eigenvalue weighted by atomic mass is 32.2. The lowest BCUT2D eigenvalue weighted by Crippen LogP contribution is -2.42. The highest BCUT2D eigenvalue weighted by molar-refractivity contribution is 7.89. The molecule has 2 N–H and O–H groups in total. The lowest BCUT2D eigenvalue weighted by Gasteiger charge is -2.29. The van der Waals surface area contributed by atoms with Gasteiger partial charge in [-0.25, -0.2) is 4.39 Å². The Balaban J connectivity index is 1.62. The van der Waals surface area contributed by atoms with Crippen LogP contribution in [0, 0.1) is 5.82 Å². The minimum Gasteiger partial charge on any atom is -0.494 e. The maximum Gasteiger partial charge on any atom is 0.237 e. The van der Waals surface area contributed by atoms with Crippen LogP contribution in [0.3, 0.4) is 0 Å². The van der Waals surface area contributed by atoms with Crippen LogP contribution in [0.4, 0.5) is 10.1 Å². The lowest BCUT2D eigenvalue weighted by molar-refractivity contribution is 0.333. The van der Waals surface area contributed by atoms with E-state index in [4.69, 9.17) is 4.74 Å². The standard InChI is InChI=1S/C23H27FN3O2S/c1-3-30(28)27-10-7-19(8-11-27)26-22-14-18(12-17-6-9-25-15-20(17)22)16-4-5-23(29-2)21(24)13-16/h4-6,9,12-15,19,26,28H,3,7-8,10-11H2,1-2H3/q+1. The Morgan fingerprint density at radius 3 is 2.70 bits per heavy atom. The number of aromatic nitrogens is 1. The van der Waals surface area contributed by atoms with Gasteiger partial charge in [0.2, 0.25) is 11.4 Å². The van der Waals surface area contributed by atoms with E-state index in [1.165, 1.54) is 13.2 Å². The van der Waals surface area contributed by atoms with Gasteiger partial charge < -0.3 is 10.1 Å². The first-order chi connectivity index (χ1) is 14.6. The van der Waals surface area contributed by atoms with E-state index >= 15 is 0 Å². The predicted octanol–water partition coefficient (Wildman–Crippen LogP) is 4.95. The fraction of sp³-hybridized carbons (Fsp3) is 0.348. The van der Waals surface area contributed by atoms with Gasteiger partial charge in [-0.05, 0) is 66.6 Å². The summed E-state index contributed by atoms with van der Waals surface area (Å²) >= 11 is -0.631. The van der Waals surface area contributed by atoms with Crippen molar-refractivity contribution in [3.8, 4) is 16.9 Å². The number of anilines is 1. The molecule has 1 saturated heterocycles. The van der Waals surface area contributed by atoms with Crippen molar-refractivity contribution in [2.24, 2.45) is 0 Å². The molecule has 1 aromatic heterocycles. The summed E-state index contributed by atoms with van der Waals surface area (Å²) in [5.41, 5.74) is 2.75. The Labute approximate surface area is 179 Å². The summed E-state index contributed by atoms with van der Waals surface area (Å²) in [6, 6.07) is 11.5. The molecular formula is C23H27FN3O2S+. The van der Waals surface area contributed by atoms with Gasteiger partial charge in [0.1, 0.15) is 0 Å². The molecule has 0 aliphatic carbocycles. The Morgan fingerprint density at radius 1 is 1.20 bits per heavy atom. The van der Waals surface area contributed by atoms with Gasteiger partial charge in [0.05, 0.1) is 7.11 Å². The van der Waals surface area contributed by atoms with Crippen molar-refractivity contribution in [2.75, 3.05) is 31.3 Å². The summed E-state index contributed by atoms with van der Waals surface area (Å²) in [5.74, 6) is 0.639. The third kappa shape index (κ3) is 4.38. The largest absolute Gasteiger partial charge is 0.494 e. The van der Waals surface area contributed by atoms with Crippen molar-refractivity contribution in [1.29, 1.82) is 0 Å². The van der Waals surface area contributed by atoms with Crippen molar-refractivity contribution in [1.82, 2.24) is 9.29 Å². The van der Waals surface area contributed by atoms with Crippen molar-refractivity contribution in [2.45, 2.75) is 25.8 Å². The van der Waals surface area contributed by atoms with Crippen LogP contribution in [0.1, 0.15) is 19.8 Å². The molecule has 5 nitrogen and oxygen atoms in total. The molecule has 2 heterocycles. The summed E-state index contributed by atoms with van der Waals surface area (Å²) in [5, 5.41) is 5.79. The molecule has 0 saturated carbocycles. The Bertz CT molecular complexity index is 1020. The minimum atomic E-state index is -0.631. The monoisotopic (exact) mass is 428 g/mol. The quantitative estimate of drug-likeness (QED) is 0.544. The fourth-order valence-corrected chi connectivity index (χ4v) is 4.94. The van der Waals surface area contributed by atoms with Crippen molar-refractivity contribution in [3.05, 3.63) is 54.6 Å². The van der Waals surface area contributed by atoms with Gasteiger partial charge in [0, 0.05) is 42.6 Å². The van der Waals surface area contributed by atoms with Crippen molar-refractivity contribution in [3.63, 3.8) is 0 Å². The second kappa shape index (κ2) is 9.20. The molecule has 3 aromatic rings. The number of benzene rings is 2. The summed E-state index contributed by atoms with van der Waals surface area (Å²) in [7, 11) is 1.47. The number of rotatable bonds is 6. The zero-order valence-electron chi connectivity index (χ0n) is 17.3. The average Bonchev–Trinajstić information content (AvgIpc) is 2.79. The van der Waals surface area contributed by atoms with Gasteiger partial charge in [-0.2, -0.15) is 4.55 Å². The number of hydrogen-bond donors (Lipinski definition) is 2. The molecule has 7 heteroatoms. The number of pyridine rings is 1. The van der Waals surface area contributed by atoms with E-state index in [9.17, 15) is 8.94 Å². The summed E-state index contributed by atoms with van der Waals surface area (Å²) in [4.78, 5) is 4.30. The number of hydrogen-bond acceptors (Lipinski definition) is 5. The zero-order valence-corrected chi connectivity index (χ0v) is 18.1. The number of piperidine rings is 1. The third-order valence-corrected chi connectivity index (χ3v) is 7.09. The van der Waals surface area contributed by atoms with Crippen LogP contribution >= 0.6 is 0 Å². The molecule has 1 atom stereocenters. The molecule has 2 aromatic carbocycles. The number of halogens is 1. The zero-order chi connectivity index (χ0) is 21.1. The molecule has 1 fully saturated rings. The Kier molecular flexibility index (Phi) is 6.41. The van der Waals surface area contributed by atoms with Crippen LogP contribution in [0.5, 0.6) is 5.75 Å². The van der Waals surface area contributed by atoms with Gasteiger partial charge in [0.25, 0.3) is 0 Å². The van der Waals surface area contributed by atoms with E-state index in [0.717, 1.165) is 59.3 Å². The first-order valence-corrected chi connectivity index (χ1v) is 11.5. The molecule has 1 aliphatic heterocycles. The van der Waals surface area contributed by atoms with E-state index < -0.39 is 11.4 Å². The highest BCUT2D eigenvalue weighted by Crippen LogP contribution is 2.33.